The van der Waals surface area contributed by atoms with Crippen molar-refractivity contribution in [3.05, 3.63) is 0 Å². The summed E-state index contributed by atoms with van der Waals surface area (Å²) in [6.45, 7) is 3.99. The van der Waals surface area contributed by atoms with Crippen molar-refractivity contribution in [2.75, 3.05) is 26.7 Å². The Hall–Kier alpha value is -1.18. The Balaban J connectivity index is 2.35. The first-order valence-corrected chi connectivity index (χ1v) is 5.61. The predicted octanol–water partition coefficient (Wildman–Crippen LogP) is -1.24. The third-order valence-corrected chi connectivity index (χ3v) is 3.13. The van der Waals surface area contributed by atoms with E-state index in [1.165, 1.54) is 0 Å². The monoisotopic (exact) mass is 244 g/mol. The molecule has 1 fully saturated rings. The topological polar surface area (TPSA) is 96.7 Å². The summed E-state index contributed by atoms with van der Waals surface area (Å²) in [7, 11) is 1.64. The van der Waals surface area contributed by atoms with Gasteiger partial charge in [0.25, 0.3) is 0 Å². The number of rotatable bonds is 5. The van der Waals surface area contributed by atoms with E-state index in [1.807, 2.05) is 12.5 Å². The highest BCUT2D eigenvalue weighted by Gasteiger charge is 2.39. The van der Waals surface area contributed by atoms with Crippen LogP contribution in [0.1, 0.15) is 19.8 Å². The third-order valence-electron chi connectivity index (χ3n) is 3.13. The number of carbonyl (C=O) groups excluding carboxylic acids is 2. The van der Waals surface area contributed by atoms with Crippen molar-refractivity contribution in [3.63, 3.8) is 0 Å². The molecule has 4 N–H and O–H groups in total. The molecule has 0 spiro atoms. The third kappa shape index (κ3) is 3.65. The van der Waals surface area contributed by atoms with Crippen LogP contribution in [0.15, 0.2) is 0 Å². The zero-order chi connectivity index (χ0) is 12.9. The molecule has 0 aliphatic carbocycles. The van der Waals surface area contributed by atoms with Crippen molar-refractivity contribution in [1.29, 1.82) is 0 Å². The molecule has 0 radical (unpaired) electrons. The summed E-state index contributed by atoms with van der Waals surface area (Å²) < 4.78 is 0. The fraction of sp³-hybridized carbons (Fsp3) is 0.800. The van der Waals surface area contributed by atoms with Crippen molar-refractivity contribution in [1.82, 2.24) is 15.8 Å². The number of nitrogens with one attached hydrogen (secondary N) is 2. The van der Waals surface area contributed by atoms with Gasteiger partial charge in [0.2, 0.25) is 5.91 Å². The average Bonchev–Trinajstić information content (AvgIpc) is 2.69. The summed E-state index contributed by atoms with van der Waals surface area (Å²) in [6, 6.07) is 0. The molecule has 17 heavy (non-hydrogen) atoms. The molecule has 1 atom stereocenters. The number of amides is 1. The van der Waals surface area contributed by atoms with E-state index >= 15 is 0 Å². The van der Waals surface area contributed by atoms with Crippen LogP contribution in [0.2, 0.25) is 0 Å². The highest BCUT2D eigenvalue weighted by Crippen LogP contribution is 2.29. The lowest BCUT2D eigenvalue weighted by atomic mass is 9.89. The Kier molecular flexibility index (Phi) is 4.86. The first kappa shape index (κ1) is 13.9. The predicted molar refractivity (Wildman–Crippen MR) is 61.3 cm³/mol. The molecule has 1 unspecified atom stereocenters. The van der Waals surface area contributed by atoms with Crippen LogP contribution in [0.5, 0.6) is 0 Å². The zero-order valence-electron chi connectivity index (χ0n) is 10.3. The van der Waals surface area contributed by atoms with Crippen molar-refractivity contribution in [2.24, 2.45) is 11.3 Å². The summed E-state index contributed by atoms with van der Waals surface area (Å²) in [5, 5.41) is 2.67. The molecule has 0 bridgehead atoms. The summed E-state index contributed by atoms with van der Waals surface area (Å²) in [5.41, 5.74) is 1.50. The molecule has 0 saturated carbocycles. The van der Waals surface area contributed by atoms with Crippen molar-refractivity contribution < 1.29 is 14.4 Å². The molecular weight excluding hydrogens is 224 g/mol. The molecule has 98 valence electrons. The Morgan fingerprint density at radius 1 is 1.53 bits per heavy atom. The van der Waals surface area contributed by atoms with Crippen LogP contribution in [0.4, 0.5) is 0 Å². The van der Waals surface area contributed by atoms with Crippen molar-refractivity contribution in [2.45, 2.75) is 19.8 Å². The lowest BCUT2D eigenvalue weighted by Crippen LogP contribution is -2.39. The van der Waals surface area contributed by atoms with E-state index in [9.17, 15) is 9.59 Å². The maximum atomic E-state index is 11.7. The molecule has 1 saturated heterocycles. The van der Waals surface area contributed by atoms with E-state index < -0.39 is 5.97 Å². The minimum Gasteiger partial charge on any atom is -0.359 e. The van der Waals surface area contributed by atoms with Gasteiger partial charge in [-0.15, -0.1) is 0 Å². The van der Waals surface area contributed by atoms with Gasteiger partial charge in [0.15, 0.2) is 0 Å². The molecule has 1 heterocycles. The fourth-order valence-corrected chi connectivity index (χ4v) is 2.10. The molecule has 1 aliphatic heterocycles. The van der Waals surface area contributed by atoms with E-state index in [-0.39, 0.29) is 17.7 Å². The minimum atomic E-state index is -0.402. The highest BCUT2D eigenvalue weighted by molar-refractivity contribution is 5.82. The van der Waals surface area contributed by atoms with E-state index in [0.717, 1.165) is 13.0 Å². The number of carbonyl (C=O) groups is 2. The molecule has 7 nitrogen and oxygen atoms in total. The Morgan fingerprint density at radius 3 is 2.82 bits per heavy atom. The van der Waals surface area contributed by atoms with E-state index in [0.29, 0.717) is 13.1 Å². The number of hydrazine groups is 1. The van der Waals surface area contributed by atoms with Crippen LogP contribution in [0.3, 0.4) is 0 Å². The molecule has 7 heteroatoms. The van der Waals surface area contributed by atoms with Crippen LogP contribution in [-0.2, 0) is 14.4 Å². The molecule has 1 amide bonds. The maximum absolute atomic E-state index is 11.7. The van der Waals surface area contributed by atoms with Gasteiger partial charge >= 0.3 is 5.97 Å². The standard InChI is InChI=1S/C10H20N4O3/c1-10(9(16)12-2)4-6-14(7-10)5-3-8(15)17-13-11/h13H,3-7,11H2,1-2H3,(H,12,16). The largest absolute Gasteiger partial charge is 0.359 e. The number of nitrogens with two attached hydrogens (primary N) is 1. The van der Waals surface area contributed by atoms with Crippen LogP contribution in [0.25, 0.3) is 0 Å². The normalized spacial score (nSPS) is 24.6. The van der Waals surface area contributed by atoms with E-state index in [4.69, 9.17) is 5.84 Å². The van der Waals surface area contributed by atoms with E-state index in [1.54, 1.807) is 7.05 Å². The fourth-order valence-electron chi connectivity index (χ4n) is 2.10. The Bertz CT molecular complexity index is 297. The van der Waals surface area contributed by atoms with Crippen molar-refractivity contribution >= 4 is 11.9 Å². The lowest BCUT2D eigenvalue weighted by Gasteiger charge is -2.22. The molecule has 0 aromatic carbocycles. The van der Waals surface area contributed by atoms with Crippen LogP contribution in [-0.4, -0.2) is 43.5 Å². The Morgan fingerprint density at radius 2 is 2.24 bits per heavy atom. The van der Waals surface area contributed by atoms with Gasteiger partial charge in [0, 0.05) is 20.1 Å². The van der Waals surface area contributed by atoms with Crippen LogP contribution < -0.4 is 16.7 Å². The van der Waals surface area contributed by atoms with Gasteiger partial charge in [0.05, 0.1) is 11.8 Å². The first-order valence-electron chi connectivity index (χ1n) is 5.61. The SMILES string of the molecule is CNC(=O)C1(C)CCN(CCC(=O)ONN)C1. The maximum Gasteiger partial charge on any atom is 0.327 e. The molecular formula is C10H20N4O3. The van der Waals surface area contributed by atoms with Gasteiger partial charge in [-0.25, -0.2) is 5.84 Å². The minimum absolute atomic E-state index is 0.0474. The van der Waals surface area contributed by atoms with Crippen LogP contribution >= 0.6 is 0 Å². The summed E-state index contributed by atoms with van der Waals surface area (Å²) in [5.74, 6) is 4.50. The van der Waals surface area contributed by atoms with Crippen molar-refractivity contribution in [3.8, 4) is 0 Å². The van der Waals surface area contributed by atoms with Gasteiger partial charge in [-0.3, -0.25) is 9.59 Å². The molecule has 0 aromatic rings. The summed E-state index contributed by atoms with van der Waals surface area (Å²) in [6.07, 6.45) is 1.06. The number of nitrogens with zero attached hydrogens (tertiary/aromatic N) is 1. The molecule has 1 rings (SSSR count). The molecule has 0 aromatic heterocycles. The van der Waals surface area contributed by atoms with E-state index in [2.05, 4.69) is 15.1 Å². The average molecular weight is 244 g/mol. The Labute approximate surface area is 101 Å². The molecule has 1 aliphatic rings. The number of hydrogen-bond donors (Lipinski definition) is 3. The van der Waals surface area contributed by atoms with Crippen LogP contribution in [0, 0.1) is 5.41 Å². The second-order valence-corrected chi connectivity index (χ2v) is 4.51. The van der Waals surface area contributed by atoms with Gasteiger partial charge in [-0.05, 0) is 19.9 Å². The first-order chi connectivity index (χ1) is 8.01. The second-order valence-electron chi connectivity index (χ2n) is 4.51. The van der Waals surface area contributed by atoms with Gasteiger partial charge in [-0.2, -0.15) is 0 Å². The summed E-state index contributed by atoms with van der Waals surface area (Å²) >= 11 is 0. The summed E-state index contributed by atoms with van der Waals surface area (Å²) in [4.78, 5) is 29.2. The van der Waals surface area contributed by atoms with Gasteiger partial charge < -0.3 is 15.1 Å². The van der Waals surface area contributed by atoms with Gasteiger partial charge in [0.1, 0.15) is 0 Å². The second kappa shape index (κ2) is 5.95. The highest BCUT2D eigenvalue weighted by atomic mass is 16.7. The quantitative estimate of drug-likeness (QED) is 0.413. The number of likely N-dealkylation sites (tertiary alicyclic amines) is 1. The zero-order valence-corrected chi connectivity index (χ0v) is 10.3. The number of hydrogen-bond acceptors (Lipinski definition) is 6. The smallest absolute Gasteiger partial charge is 0.327 e. The van der Waals surface area contributed by atoms with Gasteiger partial charge in [-0.1, -0.05) is 5.59 Å². The lowest BCUT2D eigenvalue weighted by molar-refractivity contribution is -0.151.